The van der Waals surface area contributed by atoms with Crippen LogP contribution in [0.4, 0.5) is 5.69 Å². The first-order valence-electron chi connectivity index (χ1n) is 11.3. The molecule has 4 aromatic carbocycles. The Morgan fingerprint density at radius 3 is 2.41 bits per heavy atom. The fourth-order valence-corrected chi connectivity index (χ4v) is 5.21. The lowest BCUT2D eigenvalue weighted by Crippen LogP contribution is -2.31. The lowest BCUT2D eigenvalue weighted by molar-refractivity contribution is 0.0947. The van der Waals surface area contributed by atoms with E-state index in [1.165, 1.54) is 0 Å². The quantitative estimate of drug-likeness (QED) is 0.371. The average Bonchev–Trinajstić information content (AvgIpc) is 3.01. The van der Waals surface area contributed by atoms with Gasteiger partial charge in [0.1, 0.15) is 0 Å². The van der Waals surface area contributed by atoms with Crippen LogP contribution in [0.3, 0.4) is 0 Å². The van der Waals surface area contributed by atoms with Gasteiger partial charge in [0.15, 0.2) is 0 Å². The smallest absolute Gasteiger partial charge is 0.259 e. The van der Waals surface area contributed by atoms with E-state index in [4.69, 9.17) is 0 Å². The maximum absolute atomic E-state index is 13.2. The number of amides is 2. The minimum absolute atomic E-state index is 0.0420. The average molecular weight is 465 g/mol. The van der Waals surface area contributed by atoms with Crippen molar-refractivity contribution in [2.75, 3.05) is 11.4 Å². The molecule has 5 rings (SSSR count). The molecule has 4 nitrogen and oxygen atoms in total. The summed E-state index contributed by atoms with van der Waals surface area (Å²) in [6.45, 7) is 2.90. The van der Waals surface area contributed by atoms with Crippen LogP contribution in [0, 0.1) is 0 Å². The van der Waals surface area contributed by atoms with Crippen molar-refractivity contribution >= 4 is 29.3 Å². The third-order valence-electron chi connectivity index (χ3n) is 5.90. The van der Waals surface area contributed by atoms with Crippen LogP contribution in [0.15, 0.2) is 107 Å². The van der Waals surface area contributed by atoms with E-state index in [0.717, 1.165) is 32.2 Å². The zero-order chi connectivity index (χ0) is 23.5. The number of hydrogen-bond acceptors (Lipinski definition) is 3. The highest BCUT2D eigenvalue weighted by molar-refractivity contribution is 7.99. The van der Waals surface area contributed by atoms with Crippen LogP contribution in [-0.2, 0) is 6.54 Å². The SMILES string of the molecule is CCN1C(=O)c2ccccc2Sc2ccc(C(=O)NCc3cccc(-c4ccccc4)c3)cc21. The van der Waals surface area contributed by atoms with Crippen molar-refractivity contribution < 1.29 is 9.59 Å². The van der Waals surface area contributed by atoms with E-state index < -0.39 is 0 Å². The van der Waals surface area contributed by atoms with Crippen LogP contribution in [0.25, 0.3) is 11.1 Å². The standard InChI is InChI=1S/C29H24N2O2S/c1-2-31-25-18-23(15-16-27(25)34-26-14-7-6-13-24(26)29(31)33)28(32)30-19-20-9-8-12-22(17-20)21-10-4-3-5-11-21/h3-18H,2,19H2,1H3,(H,30,32). The molecule has 0 fully saturated rings. The molecule has 5 heteroatoms. The normalized spacial score (nSPS) is 12.5. The number of rotatable bonds is 5. The summed E-state index contributed by atoms with van der Waals surface area (Å²) in [4.78, 5) is 29.8. The van der Waals surface area contributed by atoms with Crippen LogP contribution in [0.2, 0.25) is 0 Å². The molecule has 4 aromatic rings. The van der Waals surface area contributed by atoms with Gasteiger partial charge >= 0.3 is 0 Å². The predicted octanol–water partition coefficient (Wildman–Crippen LogP) is 6.41. The first-order chi connectivity index (χ1) is 16.6. The third kappa shape index (κ3) is 4.35. The largest absolute Gasteiger partial charge is 0.348 e. The first kappa shape index (κ1) is 22.0. The molecule has 0 atom stereocenters. The molecule has 1 N–H and O–H groups in total. The van der Waals surface area contributed by atoms with Gasteiger partial charge in [-0.15, -0.1) is 0 Å². The summed E-state index contributed by atoms with van der Waals surface area (Å²) in [5.74, 6) is -0.206. The molecular weight excluding hydrogens is 440 g/mol. The Bertz CT molecular complexity index is 1370. The monoisotopic (exact) mass is 464 g/mol. The Kier molecular flexibility index (Phi) is 6.19. The predicted molar refractivity (Wildman–Crippen MR) is 137 cm³/mol. The number of benzene rings is 4. The number of fused-ring (bicyclic) bond motifs is 2. The van der Waals surface area contributed by atoms with E-state index in [9.17, 15) is 9.59 Å². The second-order valence-corrected chi connectivity index (χ2v) is 9.16. The van der Waals surface area contributed by atoms with E-state index in [1.807, 2.05) is 79.7 Å². The summed E-state index contributed by atoms with van der Waals surface area (Å²) in [6.07, 6.45) is 0. The molecule has 0 bridgehead atoms. The van der Waals surface area contributed by atoms with E-state index in [-0.39, 0.29) is 11.8 Å². The third-order valence-corrected chi connectivity index (χ3v) is 7.04. The van der Waals surface area contributed by atoms with Crippen LogP contribution in [-0.4, -0.2) is 18.4 Å². The highest BCUT2D eigenvalue weighted by Crippen LogP contribution is 2.41. The van der Waals surface area contributed by atoms with Crippen LogP contribution in [0.5, 0.6) is 0 Å². The summed E-state index contributed by atoms with van der Waals surface area (Å²) in [5.41, 5.74) is 5.29. The van der Waals surface area contributed by atoms with Crippen LogP contribution in [0.1, 0.15) is 33.2 Å². The Morgan fingerprint density at radius 1 is 0.824 bits per heavy atom. The van der Waals surface area contributed by atoms with Gasteiger partial charge in [-0.25, -0.2) is 0 Å². The van der Waals surface area contributed by atoms with E-state index in [2.05, 4.69) is 29.6 Å². The van der Waals surface area contributed by atoms with E-state index in [0.29, 0.717) is 24.2 Å². The second-order valence-electron chi connectivity index (χ2n) is 8.08. The zero-order valence-corrected chi connectivity index (χ0v) is 19.6. The summed E-state index contributed by atoms with van der Waals surface area (Å²) in [5, 5.41) is 3.03. The van der Waals surface area contributed by atoms with Gasteiger partial charge in [0.2, 0.25) is 0 Å². The van der Waals surface area contributed by atoms with Crippen LogP contribution < -0.4 is 10.2 Å². The van der Waals surface area contributed by atoms with Crippen molar-refractivity contribution in [2.45, 2.75) is 23.3 Å². The molecule has 2 amide bonds. The number of carbonyl (C=O) groups is 2. The molecule has 0 saturated carbocycles. The molecule has 1 heterocycles. The van der Waals surface area contributed by atoms with Crippen molar-refractivity contribution in [3.8, 4) is 11.1 Å². The Labute approximate surface area is 203 Å². The van der Waals surface area contributed by atoms with Gasteiger partial charge in [0.25, 0.3) is 11.8 Å². The minimum atomic E-state index is -0.164. The van der Waals surface area contributed by atoms with Gasteiger partial charge in [-0.3, -0.25) is 9.59 Å². The highest BCUT2D eigenvalue weighted by Gasteiger charge is 2.26. The van der Waals surface area contributed by atoms with Gasteiger partial charge in [0.05, 0.1) is 11.3 Å². The molecule has 1 aliphatic heterocycles. The fourth-order valence-electron chi connectivity index (χ4n) is 4.15. The number of hydrogen-bond donors (Lipinski definition) is 1. The molecule has 0 aromatic heterocycles. The van der Waals surface area contributed by atoms with Gasteiger partial charge in [-0.05, 0) is 60.0 Å². The maximum atomic E-state index is 13.2. The Hall–Kier alpha value is -3.83. The molecule has 168 valence electrons. The van der Waals surface area contributed by atoms with E-state index in [1.54, 1.807) is 16.7 Å². The highest BCUT2D eigenvalue weighted by atomic mass is 32.2. The summed E-state index contributed by atoms with van der Waals surface area (Å²) < 4.78 is 0. The van der Waals surface area contributed by atoms with Gasteiger partial charge in [0, 0.05) is 28.4 Å². The van der Waals surface area contributed by atoms with Crippen molar-refractivity contribution in [3.05, 3.63) is 114 Å². The first-order valence-corrected chi connectivity index (χ1v) is 12.1. The molecule has 1 aliphatic rings. The zero-order valence-electron chi connectivity index (χ0n) is 18.8. The Balaban J connectivity index is 1.36. The van der Waals surface area contributed by atoms with Gasteiger partial charge < -0.3 is 10.2 Å². The summed E-state index contributed by atoms with van der Waals surface area (Å²) >= 11 is 1.56. The van der Waals surface area contributed by atoms with Crippen LogP contribution >= 0.6 is 11.8 Å². The molecular formula is C29H24N2O2S. The van der Waals surface area contributed by atoms with Gasteiger partial charge in [-0.1, -0.05) is 72.4 Å². The lowest BCUT2D eigenvalue weighted by atomic mass is 10.0. The molecule has 0 saturated heterocycles. The van der Waals surface area contributed by atoms with Crippen molar-refractivity contribution in [1.29, 1.82) is 0 Å². The summed E-state index contributed by atoms with van der Waals surface area (Å²) in [7, 11) is 0. The summed E-state index contributed by atoms with van der Waals surface area (Å²) in [6, 6.07) is 31.6. The van der Waals surface area contributed by atoms with Crippen molar-refractivity contribution in [1.82, 2.24) is 5.32 Å². The molecule has 0 unspecified atom stereocenters. The van der Waals surface area contributed by atoms with Crippen molar-refractivity contribution in [3.63, 3.8) is 0 Å². The number of nitrogens with one attached hydrogen (secondary N) is 1. The number of nitrogens with zero attached hydrogens (tertiary/aromatic N) is 1. The van der Waals surface area contributed by atoms with Crippen molar-refractivity contribution in [2.24, 2.45) is 0 Å². The van der Waals surface area contributed by atoms with Gasteiger partial charge in [-0.2, -0.15) is 0 Å². The second kappa shape index (κ2) is 9.57. The molecule has 0 radical (unpaired) electrons. The molecule has 0 aliphatic carbocycles. The number of anilines is 1. The minimum Gasteiger partial charge on any atom is -0.348 e. The number of carbonyl (C=O) groups excluding carboxylic acids is 2. The topological polar surface area (TPSA) is 49.4 Å². The molecule has 34 heavy (non-hydrogen) atoms. The Morgan fingerprint density at radius 2 is 1.59 bits per heavy atom. The van der Waals surface area contributed by atoms with E-state index >= 15 is 0 Å². The maximum Gasteiger partial charge on any atom is 0.259 e. The molecule has 0 spiro atoms. The fraction of sp³-hybridized carbons (Fsp3) is 0.103. The lowest BCUT2D eigenvalue weighted by Gasteiger charge is -2.21.